The topological polar surface area (TPSA) is 77.1 Å². The Morgan fingerprint density at radius 3 is 2.68 bits per heavy atom. The molecule has 0 aliphatic carbocycles. The number of halogens is 2. The molecule has 0 radical (unpaired) electrons. The maximum absolute atomic E-state index is 12.6. The number of nitrogens with zero attached hydrogens (tertiary/aromatic N) is 5. The number of rotatable bonds is 3. The van der Waals surface area contributed by atoms with Gasteiger partial charge in [-0.1, -0.05) is 23.2 Å². The van der Waals surface area contributed by atoms with E-state index in [-0.39, 0.29) is 5.91 Å². The Labute approximate surface area is 151 Å². The van der Waals surface area contributed by atoms with Gasteiger partial charge in [-0.25, -0.2) is 14.2 Å². The molecule has 0 saturated heterocycles. The monoisotopic (exact) mass is 372 g/mol. The van der Waals surface area contributed by atoms with Crippen LogP contribution in [0, 0.1) is 0 Å². The van der Waals surface area contributed by atoms with Crippen molar-refractivity contribution in [3.8, 4) is 5.69 Å². The van der Waals surface area contributed by atoms with Crippen molar-refractivity contribution < 1.29 is 4.79 Å². The van der Waals surface area contributed by atoms with Gasteiger partial charge >= 0.3 is 0 Å². The molecule has 4 rings (SSSR count). The van der Waals surface area contributed by atoms with E-state index in [4.69, 9.17) is 23.2 Å². The minimum Gasteiger partial charge on any atom is -0.306 e. The lowest BCUT2D eigenvalue weighted by Gasteiger charge is -2.09. The maximum atomic E-state index is 12.6. The van der Waals surface area contributed by atoms with Crippen molar-refractivity contribution in [2.24, 2.45) is 0 Å². The van der Waals surface area contributed by atoms with E-state index in [0.717, 1.165) is 0 Å². The normalized spacial score (nSPS) is 11.0. The predicted molar refractivity (Wildman–Crippen MR) is 94.5 cm³/mol. The third kappa shape index (κ3) is 2.95. The van der Waals surface area contributed by atoms with Crippen LogP contribution in [0.5, 0.6) is 0 Å². The summed E-state index contributed by atoms with van der Waals surface area (Å²) in [6.07, 6.45) is 6.36. The van der Waals surface area contributed by atoms with Gasteiger partial charge in [0.2, 0.25) is 0 Å². The molecule has 7 nitrogen and oxygen atoms in total. The zero-order valence-corrected chi connectivity index (χ0v) is 14.1. The number of hydrogen-bond donors (Lipinski definition) is 1. The second kappa shape index (κ2) is 6.19. The summed E-state index contributed by atoms with van der Waals surface area (Å²) in [4.78, 5) is 16.8. The van der Waals surface area contributed by atoms with Crippen LogP contribution in [-0.4, -0.2) is 30.3 Å². The van der Waals surface area contributed by atoms with Crippen LogP contribution in [-0.2, 0) is 0 Å². The average Bonchev–Trinajstić information content (AvgIpc) is 3.20. The molecule has 1 N–H and O–H groups in total. The van der Waals surface area contributed by atoms with E-state index < -0.39 is 0 Å². The van der Waals surface area contributed by atoms with Gasteiger partial charge in [-0.15, -0.1) is 0 Å². The summed E-state index contributed by atoms with van der Waals surface area (Å²) in [7, 11) is 0. The summed E-state index contributed by atoms with van der Waals surface area (Å²) in [5.74, 6) is 0.127. The van der Waals surface area contributed by atoms with Crippen LogP contribution in [0.3, 0.4) is 0 Å². The number of benzene rings is 1. The van der Waals surface area contributed by atoms with Crippen molar-refractivity contribution in [2.75, 3.05) is 5.32 Å². The van der Waals surface area contributed by atoms with E-state index in [2.05, 4.69) is 20.5 Å². The molecule has 0 atom stereocenters. The molecule has 1 aromatic carbocycles. The van der Waals surface area contributed by atoms with Crippen molar-refractivity contribution >= 4 is 40.6 Å². The van der Waals surface area contributed by atoms with Crippen molar-refractivity contribution in [1.29, 1.82) is 0 Å². The van der Waals surface area contributed by atoms with Gasteiger partial charge < -0.3 is 5.32 Å². The fraction of sp³-hybridized carbons (Fsp3) is 0. The van der Waals surface area contributed by atoms with Gasteiger partial charge in [0.1, 0.15) is 11.4 Å². The Balaban J connectivity index is 1.68. The maximum Gasteiger partial charge on any atom is 0.262 e. The van der Waals surface area contributed by atoms with Gasteiger partial charge in [0.15, 0.2) is 5.65 Å². The molecule has 0 spiro atoms. The largest absolute Gasteiger partial charge is 0.306 e. The molecule has 3 aromatic heterocycles. The Morgan fingerprint density at radius 1 is 1.08 bits per heavy atom. The van der Waals surface area contributed by atoms with Crippen LogP contribution in [0.1, 0.15) is 10.4 Å². The van der Waals surface area contributed by atoms with Gasteiger partial charge in [-0.2, -0.15) is 10.2 Å². The molecule has 4 aromatic rings. The molecule has 0 fully saturated rings. The quantitative estimate of drug-likeness (QED) is 0.597. The van der Waals surface area contributed by atoms with E-state index in [1.807, 2.05) is 0 Å². The smallest absolute Gasteiger partial charge is 0.262 e. The van der Waals surface area contributed by atoms with E-state index in [0.29, 0.717) is 32.8 Å². The highest BCUT2D eigenvalue weighted by Crippen LogP contribution is 2.24. The third-order valence-electron chi connectivity index (χ3n) is 3.50. The number of carbonyl (C=O) groups is 1. The van der Waals surface area contributed by atoms with E-state index >= 15 is 0 Å². The number of nitrogens with one attached hydrogen (secondary N) is 1. The molecular formula is C16H10Cl2N6O. The summed E-state index contributed by atoms with van der Waals surface area (Å²) >= 11 is 12.1. The lowest BCUT2D eigenvalue weighted by molar-refractivity contribution is 0.102. The molecule has 25 heavy (non-hydrogen) atoms. The summed E-state index contributed by atoms with van der Waals surface area (Å²) in [5, 5.41) is 12.1. The second-order valence-electron chi connectivity index (χ2n) is 5.16. The fourth-order valence-electron chi connectivity index (χ4n) is 2.44. The minimum atomic E-state index is -0.344. The van der Waals surface area contributed by atoms with Crippen molar-refractivity contribution in [3.63, 3.8) is 0 Å². The van der Waals surface area contributed by atoms with Crippen LogP contribution < -0.4 is 5.32 Å². The highest BCUT2D eigenvalue weighted by atomic mass is 35.5. The lowest BCUT2D eigenvalue weighted by atomic mass is 10.3. The summed E-state index contributed by atoms with van der Waals surface area (Å²) in [6.45, 7) is 0. The number of aromatic nitrogens is 5. The van der Waals surface area contributed by atoms with Crippen LogP contribution in [0.2, 0.25) is 10.0 Å². The molecule has 3 heterocycles. The number of carbonyl (C=O) groups excluding carboxylic acids is 1. The highest BCUT2D eigenvalue weighted by Gasteiger charge is 2.16. The molecule has 0 aliphatic rings. The predicted octanol–water partition coefficient (Wildman–Crippen LogP) is 3.47. The van der Waals surface area contributed by atoms with Gasteiger partial charge in [0.25, 0.3) is 5.91 Å². The standard InChI is InChI=1S/C16H10Cl2N6O/c17-10-6-11(18)8-12(7-10)24-14(2-4-20-24)22-16(25)13-9-21-23-5-1-3-19-15(13)23/h1-9H,(H,22,25). The molecule has 0 unspecified atom stereocenters. The van der Waals surface area contributed by atoms with Crippen LogP contribution in [0.25, 0.3) is 11.3 Å². The molecule has 0 aliphatic heterocycles. The summed E-state index contributed by atoms with van der Waals surface area (Å²) < 4.78 is 3.07. The van der Waals surface area contributed by atoms with Gasteiger partial charge in [-0.05, 0) is 24.3 Å². The zero-order valence-electron chi connectivity index (χ0n) is 12.6. The third-order valence-corrected chi connectivity index (χ3v) is 3.94. The minimum absolute atomic E-state index is 0.344. The molecule has 1 amide bonds. The van der Waals surface area contributed by atoms with Gasteiger partial charge in [-0.3, -0.25) is 4.79 Å². The molecular weight excluding hydrogens is 363 g/mol. The Bertz CT molecular complexity index is 1070. The second-order valence-corrected chi connectivity index (χ2v) is 6.03. The first-order chi connectivity index (χ1) is 12.1. The first kappa shape index (κ1) is 15.6. The fourth-order valence-corrected chi connectivity index (χ4v) is 2.95. The Hall–Kier alpha value is -2.90. The van der Waals surface area contributed by atoms with Crippen LogP contribution >= 0.6 is 23.2 Å². The Kier molecular flexibility index (Phi) is 3.87. The lowest BCUT2D eigenvalue weighted by Crippen LogP contribution is -2.15. The van der Waals surface area contributed by atoms with E-state index in [1.54, 1.807) is 48.9 Å². The Morgan fingerprint density at radius 2 is 1.88 bits per heavy atom. The summed E-state index contributed by atoms with van der Waals surface area (Å²) in [5.41, 5.74) is 1.46. The van der Waals surface area contributed by atoms with Crippen molar-refractivity contribution in [3.05, 3.63) is 70.7 Å². The molecule has 9 heteroatoms. The molecule has 0 bridgehead atoms. The highest BCUT2D eigenvalue weighted by molar-refractivity contribution is 6.34. The van der Waals surface area contributed by atoms with Crippen molar-refractivity contribution in [1.82, 2.24) is 24.4 Å². The van der Waals surface area contributed by atoms with E-state index in [9.17, 15) is 4.79 Å². The number of amides is 1. The average molecular weight is 373 g/mol. The van der Waals surface area contributed by atoms with Crippen LogP contribution in [0.4, 0.5) is 5.82 Å². The van der Waals surface area contributed by atoms with Gasteiger partial charge in [0.05, 0.1) is 18.1 Å². The molecule has 0 saturated carbocycles. The number of fused-ring (bicyclic) bond motifs is 1. The first-order valence-electron chi connectivity index (χ1n) is 7.22. The number of hydrogen-bond acceptors (Lipinski definition) is 4. The van der Waals surface area contributed by atoms with Crippen LogP contribution in [0.15, 0.2) is 55.1 Å². The molecule has 124 valence electrons. The van der Waals surface area contributed by atoms with Gasteiger partial charge in [0, 0.05) is 28.5 Å². The van der Waals surface area contributed by atoms with Crippen molar-refractivity contribution in [2.45, 2.75) is 0 Å². The zero-order chi connectivity index (χ0) is 17.4. The SMILES string of the molecule is O=C(Nc1ccnn1-c1cc(Cl)cc(Cl)c1)c1cnn2cccnc12. The first-order valence-corrected chi connectivity index (χ1v) is 7.97. The van der Waals surface area contributed by atoms with E-state index in [1.165, 1.54) is 15.4 Å². The summed E-state index contributed by atoms with van der Waals surface area (Å²) in [6, 6.07) is 8.43. The number of anilines is 1.